The maximum absolute atomic E-state index is 12.9. The molecular weight excluding hydrogens is 386 g/mol. The highest BCUT2D eigenvalue weighted by molar-refractivity contribution is 5.78. The fourth-order valence-electron chi connectivity index (χ4n) is 3.44. The first-order chi connectivity index (χ1) is 14.7. The van der Waals surface area contributed by atoms with Crippen molar-refractivity contribution in [3.8, 4) is 11.7 Å². The van der Waals surface area contributed by atoms with Gasteiger partial charge in [0.15, 0.2) is 5.76 Å². The van der Waals surface area contributed by atoms with Crippen molar-refractivity contribution >= 4 is 11.9 Å². The molecule has 0 unspecified atom stereocenters. The maximum Gasteiger partial charge on any atom is 0.283 e. The van der Waals surface area contributed by atoms with Crippen LogP contribution in [0.1, 0.15) is 19.2 Å². The van der Waals surface area contributed by atoms with Gasteiger partial charge in [-0.2, -0.15) is 0 Å². The molecule has 4 rings (SSSR count). The van der Waals surface area contributed by atoms with E-state index in [2.05, 4.69) is 32.0 Å². The molecule has 0 aromatic carbocycles. The van der Waals surface area contributed by atoms with Gasteiger partial charge in [0.25, 0.3) is 5.89 Å². The van der Waals surface area contributed by atoms with Gasteiger partial charge in [0.1, 0.15) is 0 Å². The lowest BCUT2D eigenvalue weighted by Crippen LogP contribution is -2.51. The summed E-state index contributed by atoms with van der Waals surface area (Å²) in [4.78, 5) is 27.5. The van der Waals surface area contributed by atoms with E-state index in [4.69, 9.17) is 8.83 Å². The van der Waals surface area contributed by atoms with Crippen LogP contribution in [0.25, 0.3) is 11.7 Å². The van der Waals surface area contributed by atoms with E-state index >= 15 is 0 Å². The van der Waals surface area contributed by atoms with Gasteiger partial charge in [0.2, 0.25) is 17.7 Å². The van der Waals surface area contributed by atoms with Gasteiger partial charge in [0, 0.05) is 38.6 Å². The van der Waals surface area contributed by atoms with Crippen LogP contribution in [-0.2, 0) is 11.3 Å². The number of rotatable bonds is 8. The first kappa shape index (κ1) is 20.0. The van der Waals surface area contributed by atoms with Gasteiger partial charge in [-0.1, -0.05) is 6.92 Å². The summed E-state index contributed by atoms with van der Waals surface area (Å²) >= 11 is 0. The second kappa shape index (κ2) is 9.49. The Morgan fingerprint density at radius 3 is 2.63 bits per heavy atom. The maximum atomic E-state index is 12.9. The quantitative estimate of drug-likeness (QED) is 0.547. The fourth-order valence-corrected chi connectivity index (χ4v) is 3.44. The molecule has 158 valence electrons. The summed E-state index contributed by atoms with van der Waals surface area (Å²) in [5.74, 6) is 2.15. The van der Waals surface area contributed by atoms with Gasteiger partial charge in [0.05, 0.1) is 19.4 Å². The molecule has 0 aliphatic carbocycles. The summed E-state index contributed by atoms with van der Waals surface area (Å²) in [6.45, 7) is 6.33. The molecule has 0 bridgehead atoms. The third-order valence-electron chi connectivity index (χ3n) is 4.92. The predicted molar refractivity (Wildman–Crippen MR) is 108 cm³/mol. The molecule has 4 heterocycles. The molecule has 0 atom stereocenters. The van der Waals surface area contributed by atoms with Crippen LogP contribution in [0.5, 0.6) is 0 Å². The number of hydrogen-bond acceptors (Lipinski definition) is 9. The molecule has 1 amide bonds. The number of carbonyl (C=O) groups excluding carboxylic acids is 1. The molecule has 30 heavy (non-hydrogen) atoms. The van der Waals surface area contributed by atoms with Crippen LogP contribution in [0.2, 0.25) is 0 Å². The van der Waals surface area contributed by atoms with E-state index in [-0.39, 0.29) is 5.91 Å². The smallest absolute Gasteiger partial charge is 0.283 e. The Bertz CT molecular complexity index is 921. The largest absolute Gasteiger partial charge is 0.459 e. The standard InChI is InChI=1S/C20H25N7O3/c1-2-8-25(14-17-23-24-19(30-17)16-5-3-13-29-16)15-18(28)26-9-11-27(12-10-26)20-21-6-4-7-22-20/h3-7,13H,2,8-12,14-15H2,1H3. The van der Waals surface area contributed by atoms with Crippen molar-refractivity contribution in [2.75, 3.05) is 44.2 Å². The number of aromatic nitrogens is 4. The highest BCUT2D eigenvalue weighted by Crippen LogP contribution is 2.18. The van der Waals surface area contributed by atoms with Gasteiger partial charge < -0.3 is 18.6 Å². The third kappa shape index (κ3) is 4.82. The minimum atomic E-state index is 0.0999. The molecule has 0 saturated carbocycles. The summed E-state index contributed by atoms with van der Waals surface area (Å²) in [5, 5.41) is 8.12. The molecule has 10 heteroatoms. The number of amides is 1. The highest BCUT2D eigenvalue weighted by atomic mass is 16.4. The second-order valence-electron chi connectivity index (χ2n) is 7.11. The Morgan fingerprint density at radius 1 is 1.13 bits per heavy atom. The summed E-state index contributed by atoms with van der Waals surface area (Å²) < 4.78 is 11.0. The average molecular weight is 411 g/mol. The zero-order chi connectivity index (χ0) is 20.8. The molecule has 1 fully saturated rings. The van der Waals surface area contributed by atoms with Gasteiger partial charge in [-0.05, 0) is 31.2 Å². The van der Waals surface area contributed by atoms with Crippen molar-refractivity contribution < 1.29 is 13.6 Å². The van der Waals surface area contributed by atoms with Crippen molar-refractivity contribution in [2.45, 2.75) is 19.9 Å². The van der Waals surface area contributed by atoms with Crippen molar-refractivity contribution in [2.24, 2.45) is 0 Å². The molecular formula is C20H25N7O3. The Kier molecular flexibility index (Phi) is 6.33. The van der Waals surface area contributed by atoms with Crippen LogP contribution in [-0.4, -0.2) is 75.1 Å². The fraction of sp³-hybridized carbons (Fsp3) is 0.450. The van der Waals surface area contributed by atoms with Crippen LogP contribution >= 0.6 is 0 Å². The van der Waals surface area contributed by atoms with Crippen LogP contribution in [0.3, 0.4) is 0 Å². The molecule has 0 radical (unpaired) electrons. The van der Waals surface area contributed by atoms with E-state index < -0.39 is 0 Å². The zero-order valence-corrected chi connectivity index (χ0v) is 17.0. The van der Waals surface area contributed by atoms with Crippen LogP contribution in [0, 0.1) is 0 Å². The second-order valence-corrected chi connectivity index (χ2v) is 7.11. The van der Waals surface area contributed by atoms with Gasteiger partial charge >= 0.3 is 0 Å². The van der Waals surface area contributed by atoms with E-state index in [1.165, 1.54) is 0 Å². The summed E-state index contributed by atoms with van der Waals surface area (Å²) in [6.07, 6.45) is 5.95. The lowest BCUT2D eigenvalue weighted by atomic mass is 10.3. The minimum absolute atomic E-state index is 0.0999. The van der Waals surface area contributed by atoms with E-state index in [1.54, 1.807) is 36.9 Å². The van der Waals surface area contributed by atoms with Crippen molar-refractivity contribution in [1.82, 2.24) is 30.0 Å². The van der Waals surface area contributed by atoms with Crippen LogP contribution in [0.15, 0.2) is 45.7 Å². The SMILES string of the molecule is CCCN(CC(=O)N1CCN(c2ncccn2)CC1)Cc1nnc(-c2ccco2)o1. The molecule has 1 aliphatic heterocycles. The minimum Gasteiger partial charge on any atom is -0.459 e. The molecule has 1 saturated heterocycles. The van der Waals surface area contributed by atoms with Gasteiger partial charge in [-0.3, -0.25) is 9.69 Å². The molecule has 10 nitrogen and oxygen atoms in total. The van der Waals surface area contributed by atoms with Crippen LogP contribution < -0.4 is 4.90 Å². The Morgan fingerprint density at radius 2 is 1.93 bits per heavy atom. The van der Waals surface area contributed by atoms with Crippen molar-refractivity contribution in [1.29, 1.82) is 0 Å². The Balaban J connectivity index is 1.31. The first-order valence-corrected chi connectivity index (χ1v) is 10.1. The molecule has 1 aliphatic rings. The van der Waals surface area contributed by atoms with Gasteiger partial charge in [-0.25, -0.2) is 9.97 Å². The van der Waals surface area contributed by atoms with Crippen molar-refractivity contribution in [3.63, 3.8) is 0 Å². The van der Waals surface area contributed by atoms with Crippen molar-refractivity contribution in [3.05, 3.63) is 42.7 Å². The van der Waals surface area contributed by atoms with Crippen LogP contribution in [0.4, 0.5) is 5.95 Å². The molecule has 3 aromatic heterocycles. The summed E-state index contributed by atoms with van der Waals surface area (Å²) in [6, 6.07) is 5.34. The highest BCUT2D eigenvalue weighted by Gasteiger charge is 2.24. The number of carbonyl (C=O) groups is 1. The monoisotopic (exact) mass is 411 g/mol. The van der Waals surface area contributed by atoms with Gasteiger partial charge in [-0.15, -0.1) is 10.2 Å². The summed E-state index contributed by atoms with van der Waals surface area (Å²) in [7, 11) is 0. The number of anilines is 1. The normalized spacial score (nSPS) is 14.5. The van der Waals surface area contributed by atoms with E-state index in [0.29, 0.717) is 49.7 Å². The Hall–Kier alpha value is -3.27. The number of furan rings is 1. The molecule has 0 spiro atoms. The number of piperazine rings is 1. The third-order valence-corrected chi connectivity index (χ3v) is 4.92. The zero-order valence-electron chi connectivity index (χ0n) is 17.0. The first-order valence-electron chi connectivity index (χ1n) is 10.1. The van der Waals surface area contributed by atoms with E-state index in [0.717, 1.165) is 26.1 Å². The molecule has 0 N–H and O–H groups in total. The molecule has 3 aromatic rings. The lowest BCUT2D eigenvalue weighted by Gasteiger charge is -2.35. The number of hydrogen-bond donors (Lipinski definition) is 0. The topological polar surface area (TPSA) is 105 Å². The average Bonchev–Trinajstić information content (AvgIpc) is 3.47. The summed E-state index contributed by atoms with van der Waals surface area (Å²) in [5.41, 5.74) is 0. The number of nitrogens with zero attached hydrogens (tertiary/aromatic N) is 7. The predicted octanol–water partition coefficient (Wildman–Crippen LogP) is 1.68. The van der Waals surface area contributed by atoms with E-state index in [1.807, 2.05) is 9.80 Å². The van der Waals surface area contributed by atoms with E-state index in [9.17, 15) is 4.79 Å². The Labute approximate surface area is 174 Å². The lowest BCUT2D eigenvalue weighted by molar-refractivity contribution is -0.132.